The third kappa shape index (κ3) is 4.03. The predicted molar refractivity (Wildman–Crippen MR) is 74.7 cm³/mol. The van der Waals surface area contributed by atoms with Crippen molar-refractivity contribution in [1.29, 1.82) is 0 Å². The molecule has 0 radical (unpaired) electrons. The average molecular weight is 265 g/mol. The molecule has 0 aliphatic carbocycles. The van der Waals surface area contributed by atoms with Crippen LogP contribution in [0.1, 0.15) is 11.1 Å². The molecule has 0 spiro atoms. The second-order valence-corrected chi connectivity index (χ2v) is 5.46. The maximum absolute atomic E-state index is 11.9. The SMILES string of the molecule is Cc1cccc(CSCC(=O)N2CCOCC2)c1. The zero-order chi connectivity index (χ0) is 12.8. The Bertz CT molecular complexity index is 403. The lowest BCUT2D eigenvalue weighted by Crippen LogP contribution is -2.41. The molecule has 0 saturated carbocycles. The summed E-state index contributed by atoms with van der Waals surface area (Å²) in [5.41, 5.74) is 2.56. The average Bonchev–Trinajstić information content (AvgIpc) is 2.40. The van der Waals surface area contributed by atoms with Gasteiger partial charge >= 0.3 is 0 Å². The number of amides is 1. The first-order valence-electron chi connectivity index (χ1n) is 6.24. The number of carbonyl (C=O) groups excluding carboxylic acids is 1. The number of rotatable bonds is 4. The Hall–Kier alpha value is -1.00. The van der Waals surface area contributed by atoms with Crippen LogP contribution >= 0.6 is 11.8 Å². The monoisotopic (exact) mass is 265 g/mol. The molecule has 1 fully saturated rings. The van der Waals surface area contributed by atoms with Crippen LogP contribution in [0.3, 0.4) is 0 Å². The smallest absolute Gasteiger partial charge is 0.232 e. The van der Waals surface area contributed by atoms with Gasteiger partial charge < -0.3 is 9.64 Å². The maximum Gasteiger partial charge on any atom is 0.232 e. The summed E-state index contributed by atoms with van der Waals surface area (Å²) in [6.07, 6.45) is 0. The van der Waals surface area contributed by atoms with Gasteiger partial charge in [0.25, 0.3) is 0 Å². The number of hydrogen-bond acceptors (Lipinski definition) is 3. The normalized spacial score (nSPS) is 15.7. The van der Waals surface area contributed by atoms with Crippen molar-refractivity contribution in [2.75, 3.05) is 32.1 Å². The van der Waals surface area contributed by atoms with Crippen LogP contribution < -0.4 is 0 Å². The van der Waals surface area contributed by atoms with Gasteiger partial charge in [0.05, 0.1) is 19.0 Å². The summed E-state index contributed by atoms with van der Waals surface area (Å²) in [5.74, 6) is 1.70. The standard InChI is InChI=1S/C14H19NO2S/c1-12-3-2-4-13(9-12)10-18-11-14(16)15-5-7-17-8-6-15/h2-4,9H,5-8,10-11H2,1H3. The zero-order valence-electron chi connectivity index (χ0n) is 10.7. The molecule has 1 amide bonds. The molecule has 0 aromatic heterocycles. The van der Waals surface area contributed by atoms with E-state index in [2.05, 4.69) is 31.2 Å². The Morgan fingerprint density at radius 3 is 2.89 bits per heavy atom. The highest BCUT2D eigenvalue weighted by molar-refractivity contribution is 7.99. The van der Waals surface area contributed by atoms with E-state index in [9.17, 15) is 4.79 Å². The van der Waals surface area contributed by atoms with Gasteiger partial charge in [0, 0.05) is 18.8 Å². The van der Waals surface area contributed by atoms with E-state index >= 15 is 0 Å². The topological polar surface area (TPSA) is 29.5 Å². The van der Waals surface area contributed by atoms with Crippen LogP contribution in [-0.2, 0) is 15.3 Å². The molecule has 1 aromatic carbocycles. The van der Waals surface area contributed by atoms with Crippen molar-refractivity contribution in [3.05, 3.63) is 35.4 Å². The van der Waals surface area contributed by atoms with E-state index in [4.69, 9.17) is 4.74 Å². The van der Waals surface area contributed by atoms with Crippen LogP contribution in [0.15, 0.2) is 24.3 Å². The van der Waals surface area contributed by atoms with Crippen molar-refractivity contribution < 1.29 is 9.53 Å². The maximum atomic E-state index is 11.9. The molecule has 0 N–H and O–H groups in total. The number of ether oxygens (including phenoxy) is 1. The van der Waals surface area contributed by atoms with Gasteiger partial charge in [-0.25, -0.2) is 0 Å². The zero-order valence-corrected chi connectivity index (χ0v) is 11.5. The fraction of sp³-hybridized carbons (Fsp3) is 0.500. The highest BCUT2D eigenvalue weighted by atomic mass is 32.2. The van der Waals surface area contributed by atoms with E-state index in [-0.39, 0.29) is 5.91 Å². The molecule has 1 saturated heterocycles. The number of thioether (sulfide) groups is 1. The second-order valence-electron chi connectivity index (χ2n) is 4.48. The third-order valence-electron chi connectivity index (χ3n) is 2.94. The fourth-order valence-electron chi connectivity index (χ4n) is 1.96. The lowest BCUT2D eigenvalue weighted by Gasteiger charge is -2.26. The highest BCUT2D eigenvalue weighted by Crippen LogP contribution is 2.14. The van der Waals surface area contributed by atoms with Crippen LogP contribution in [0.2, 0.25) is 0 Å². The molecular weight excluding hydrogens is 246 g/mol. The highest BCUT2D eigenvalue weighted by Gasteiger charge is 2.16. The van der Waals surface area contributed by atoms with Crippen molar-refractivity contribution in [3.63, 3.8) is 0 Å². The number of morpholine rings is 1. The summed E-state index contributed by atoms with van der Waals surface area (Å²) in [4.78, 5) is 13.8. The van der Waals surface area contributed by atoms with E-state index in [1.54, 1.807) is 11.8 Å². The van der Waals surface area contributed by atoms with E-state index < -0.39 is 0 Å². The molecule has 3 nitrogen and oxygen atoms in total. The minimum Gasteiger partial charge on any atom is -0.378 e. The fourth-order valence-corrected chi connectivity index (χ4v) is 2.84. The number of nitrogens with zero attached hydrogens (tertiary/aromatic N) is 1. The summed E-state index contributed by atoms with van der Waals surface area (Å²) in [6, 6.07) is 8.44. The predicted octanol–water partition coefficient (Wildman–Crippen LogP) is 2.09. The molecule has 1 aromatic rings. The molecule has 0 unspecified atom stereocenters. The van der Waals surface area contributed by atoms with Crippen molar-refractivity contribution >= 4 is 17.7 Å². The van der Waals surface area contributed by atoms with Crippen molar-refractivity contribution in [3.8, 4) is 0 Å². The molecule has 2 rings (SSSR count). The van der Waals surface area contributed by atoms with Crippen molar-refractivity contribution in [2.45, 2.75) is 12.7 Å². The number of aryl methyl sites for hydroxylation is 1. The summed E-state index contributed by atoms with van der Waals surface area (Å²) in [6.45, 7) is 4.92. The first-order chi connectivity index (χ1) is 8.75. The van der Waals surface area contributed by atoms with E-state index in [1.807, 2.05) is 4.90 Å². The van der Waals surface area contributed by atoms with Crippen LogP contribution in [0.4, 0.5) is 0 Å². The van der Waals surface area contributed by atoms with Gasteiger partial charge in [-0.15, -0.1) is 11.8 Å². The summed E-state index contributed by atoms with van der Waals surface area (Å²) < 4.78 is 5.24. The van der Waals surface area contributed by atoms with Gasteiger partial charge in [0.15, 0.2) is 0 Å². The lowest BCUT2D eigenvalue weighted by atomic mass is 10.2. The first-order valence-corrected chi connectivity index (χ1v) is 7.40. The molecule has 0 bridgehead atoms. The van der Waals surface area contributed by atoms with E-state index in [1.165, 1.54) is 11.1 Å². The Labute approximate surface area is 113 Å². The van der Waals surface area contributed by atoms with Crippen molar-refractivity contribution in [1.82, 2.24) is 4.90 Å². The van der Waals surface area contributed by atoms with Crippen LogP contribution in [0, 0.1) is 6.92 Å². The molecule has 1 heterocycles. The lowest BCUT2D eigenvalue weighted by molar-refractivity contribution is -0.132. The summed E-state index contributed by atoms with van der Waals surface area (Å²) in [7, 11) is 0. The second kappa shape index (κ2) is 6.81. The third-order valence-corrected chi connectivity index (χ3v) is 3.93. The van der Waals surface area contributed by atoms with Gasteiger partial charge in [-0.05, 0) is 12.5 Å². The van der Waals surface area contributed by atoms with E-state index in [0.717, 1.165) is 18.8 Å². The summed E-state index contributed by atoms with van der Waals surface area (Å²) >= 11 is 1.68. The van der Waals surface area contributed by atoms with Crippen LogP contribution in [0.5, 0.6) is 0 Å². The van der Waals surface area contributed by atoms with Crippen LogP contribution in [-0.4, -0.2) is 42.9 Å². The quantitative estimate of drug-likeness (QED) is 0.835. The Morgan fingerprint density at radius 1 is 1.39 bits per heavy atom. The molecule has 98 valence electrons. The molecular formula is C14H19NO2S. The van der Waals surface area contributed by atoms with Gasteiger partial charge in [-0.2, -0.15) is 0 Å². The van der Waals surface area contributed by atoms with Gasteiger partial charge in [0.1, 0.15) is 0 Å². The van der Waals surface area contributed by atoms with Crippen molar-refractivity contribution in [2.24, 2.45) is 0 Å². The molecule has 1 aliphatic heterocycles. The number of carbonyl (C=O) groups is 1. The number of hydrogen-bond donors (Lipinski definition) is 0. The Morgan fingerprint density at radius 2 is 2.17 bits per heavy atom. The molecule has 4 heteroatoms. The molecule has 1 aliphatic rings. The number of benzene rings is 1. The van der Waals surface area contributed by atoms with Gasteiger partial charge in [0.2, 0.25) is 5.91 Å². The van der Waals surface area contributed by atoms with Gasteiger partial charge in [-0.1, -0.05) is 29.8 Å². The van der Waals surface area contributed by atoms with Crippen LogP contribution in [0.25, 0.3) is 0 Å². The van der Waals surface area contributed by atoms with E-state index in [0.29, 0.717) is 19.0 Å². The summed E-state index contributed by atoms with van der Waals surface area (Å²) in [5, 5.41) is 0. The minimum absolute atomic E-state index is 0.232. The first kappa shape index (κ1) is 13.4. The Balaban J connectivity index is 1.73. The Kier molecular flexibility index (Phi) is 5.08. The molecule has 18 heavy (non-hydrogen) atoms. The molecule has 0 atom stereocenters. The largest absolute Gasteiger partial charge is 0.378 e. The minimum atomic E-state index is 0.232. The van der Waals surface area contributed by atoms with Gasteiger partial charge in [-0.3, -0.25) is 4.79 Å².